The molecule has 0 radical (unpaired) electrons. The normalized spacial score (nSPS) is 13.2. The molecule has 13 aromatic rings. The van der Waals surface area contributed by atoms with Crippen molar-refractivity contribution >= 4 is 92.7 Å². The zero-order valence-electron chi connectivity index (χ0n) is 31.3. The Kier molecular flexibility index (Phi) is 5.86. The lowest BCUT2D eigenvalue weighted by Gasteiger charge is -2.14. The van der Waals surface area contributed by atoms with Crippen LogP contribution in [0.15, 0.2) is 168 Å². The number of nitrogens with zero attached hydrogens (tertiary/aromatic N) is 4. The van der Waals surface area contributed by atoms with Crippen molar-refractivity contribution in [3.8, 4) is 16.9 Å². The molecule has 14 rings (SSSR count). The molecular formula is C53H32N4O. The summed E-state index contributed by atoms with van der Waals surface area (Å²) in [4.78, 5) is 10.9. The zero-order valence-corrected chi connectivity index (χ0v) is 31.3. The van der Waals surface area contributed by atoms with Gasteiger partial charge in [-0.2, -0.15) is 0 Å². The average Bonchev–Trinajstić information content (AvgIpc) is 4.07. The summed E-state index contributed by atoms with van der Waals surface area (Å²) in [5, 5.41) is 10.9. The minimum atomic E-state index is 0.269. The van der Waals surface area contributed by atoms with E-state index >= 15 is 0 Å². The Morgan fingerprint density at radius 3 is 1.95 bits per heavy atom. The fourth-order valence-electron chi connectivity index (χ4n) is 10.7. The first-order valence-corrected chi connectivity index (χ1v) is 20.2. The largest absolute Gasteiger partial charge is 0.450 e. The van der Waals surface area contributed by atoms with Crippen molar-refractivity contribution in [1.82, 2.24) is 18.9 Å². The fourth-order valence-corrected chi connectivity index (χ4v) is 10.7. The molecule has 5 aromatic heterocycles. The maximum absolute atomic E-state index is 6.84. The van der Waals surface area contributed by atoms with Crippen molar-refractivity contribution in [2.45, 2.75) is 18.8 Å². The van der Waals surface area contributed by atoms with Gasteiger partial charge in [0.2, 0.25) is 0 Å². The molecule has 8 aromatic carbocycles. The van der Waals surface area contributed by atoms with Gasteiger partial charge in [-0.1, -0.05) is 127 Å². The Balaban J connectivity index is 1.11. The quantitative estimate of drug-likeness (QED) is 0.180. The summed E-state index contributed by atoms with van der Waals surface area (Å²) < 4.78 is 11.7. The number of hydrogen-bond donors (Lipinski definition) is 0. The van der Waals surface area contributed by atoms with E-state index < -0.39 is 0 Å². The molecule has 0 fully saturated rings. The minimum absolute atomic E-state index is 0.269. The Labute approximate surface area is 331 Å². The van der Waals surface area contributed by atoms with E-state index in [1.807, 2.05) is 12.1 Å². The number of aryl methyl sites for hydroxylation is 1. The van der Waals surface area contributed by atoms with Crippen LogP contribution in [0.25, 0.3) is 110 Å². The Morgan fingerprint density at radius 2 is 1.14 bits per heavy atom. The third-order valence-electron chi connectivity index (χ3n) is 13.1. The number of para-hydroxylation sites is 3. The van der Waals surface area contributed by atoms with Gasteiger partial charge < -0.3 is 8.82 Å². The van der Waals surface area contributed by atoms with E-state index in [4.69, 9.17) is 14.4 Å². The molecule has 5 heterocycles. The van der Waals surface area contributed by atoms with Gasteiger partial charge in [0.05, 0.1) is 27.6 Å². The predicted octanol–water partition coefficient (Wildman–Crippen LogP) is 13.5. The summed E-state index contributed by atoms with van der Waals surface area (Å²) in [7, 11) is 0. The lowest BCUT2D eigenvalue weighted by Crippen LogP contribution is -2.06. The lowest BCUT2D eigenvalue weighted by atomic mass is 9.92. The molecule has 0 unspecified atom stereocenters. The average molecular weight is 741 g/mol. The Hall–Kier alpha value is -7.50. The number of hydrogen-bond acceptors (Lipinski definition) is 3. The van der Waals surface area contributed by atoms with Crippen molar-refractivity contribution in [2.24, 2.45) is 0 Å². The molecule has 0 spiro atoms. The molecule has 0 amide bonds. The van der Waals surface area contributed by atoms with E-state index in [-0.39, 0.29) is 5.92 Å². The van der Waals surface area contributed by atoms with Crippen LogP contribution in [0.2, 0.25) is 0 Å². The molecule has 0 saturated carbocycles. The first-order valence-electron chi connectivity index (χ1n) is 20.2. The minimum Gasteiger partial charge on any atom is -0.450 e. The van der Waals surface area contributed by atoms with Gasteiger partial charge in [-0.25, -0.2) is 9.97 Å². The second-order valence-electron chi connectivity index (χ2n) is 15.9. The fraction of sp³-hybridized carbons (Fsp3) is 0.0566. The molecule has 58 heavy (non-hydrogen) atoms. The predicted molar refractivity (Wildman–Crippen MR) is 238 cm³/mol. The lowest BCUT2D eigenvalue weighted by molar-refractivity contribution is 0.656. The summed E-state index contributed by atoms with van der Waals surface area (Å²) in [5.41, 5.74) is 13.7. The van der Waals surface area contributed by atoms with Crippen LogP contribution < -0.4 is 0 Å². The van der Waals surface area contributed by atoms with Crippen LogP contribution >= 0.6 is 0 Å². The standard InChI is InChI=1S/C53H32N4O/c1-2-14-31-30(13-1)25-27-44-47(31)48-50-40(37-19-7-10-22-42(37)56(44)50)29-41-38-20-8-11-23-43(38)57(51(41)48)53-52-49(39-21-9-12-24-45(39)58-52)54-46(55-53)28-26-36-34-17-5-3-15-32(34)33-16-4-6-18-35(33)36/h1-25,27,29,36H,26,28H2. The molecule has 1 aliphatic rings. The summed E-state index contributed by atoms with van der Waals surface area (Å²) in [6, 6.07) is 59.5. The number of rotatable bonds is 4. The molecule has 0 atom stereocenters. The Bertz CT molecular complexity index is 3840. The molecule has 0 bridgehead atoms. The van der Waals surface area contributed by atoms with E-state index in [2.05, 4.69) is 161 Å². The summed E-state index contributed by atoms with van der Waals surface area (Å²) in [6.07, 6.45) is 1.61. The second-order valence-corrected chi connectivity index (χ2v) is 15.9. The van der Waals surface area contributed by atoms with Crippen LogP contribution in [0.5, 0.6) is 0 Å². The molecule has 5 heteroatoms. The van der Waals surface area contributed by atoms with Gasteiger partial charge in [-0.05, 0) is 75.8 Å². The number of benzene rings is 8. The van der Waals surface area contributed by atoms with Crippen molar-refractivity contribution in [1.29, 1.82) is 0 Å². The van der Waals surface area contributed by atoms with Gasteiger partial charge in [-0.3, -0.25) is 4.57 Å². The molecule has 0 N–H and O–H groups in total. The van der Waals surface area contributed by atoms with Crippen LogP contribution in [-0.2, 0) is 6.42 Å². The molecule has 5 nitrogen and oxygen atoms in total. The van der Waals surface area contributed by atoms with E-state index in [1.54, 1.807) is 0 Å². The van der Waals surface area contributed by atoms with Crippen molar-refractivity contribution in [2.75, 3.05) is 0 Å². The first kappa shape index (κ1) is 30.7. The van der Waals surface area contributed by atoms with E-state index in [0.29, 0.717) is 12.0 Å². The molecule has 270 valence electrons. The molecule has 0 aliphatic heterocycles. The highest BCUT2D eigenvalue weighted by molar-refractivity contribution is 6.37. The van der Waals surface area contributed by atoms with Gasteiger partial charge in [-0.15, -0.1) is 0 Å². The zero-order chi connectivity index (χ0) is 37.6. The van der Waals surface area contributed by atoms with Crippen molar-refractivity contribution < 1.29 is 4.42 Å². The number of aromatic nitrogens is 4. The molecule has 1 aliphatic carbocycles. The van der Waals surface area contributed by atoms with E-state index in [9.17, 15) is 0 Å². The third-order valence-corrected chi connectivity index (χ3v) is 13.1. The van der Waals surface area contributed by atoms with E-state index in [1.165, 1.54) is 81.9 Å². The second kappa shape index (κ2) is 11.1. The molecular weight excluding hydrogens is 709 g/mol. The summed E-state index contributed by atoms with van der Waals surface area (Å²) in [5.74, 6) is 1.87. The SMILES string of the molecule is c1ccc2c(c1)-c1ccccc1C2CCc1nc(-n2c3ccccc3c3cc4c5ccccc5n5c6ccc7ccccc7c6c(c32)c45)c2oc3ccccc3c2n1. The highest BCUT2D eigenvalue weighted by Gasteiger charge is 2.30. The van der Waals surface area contributed by atoms with Crippen LogP contribution in [0.3, 0.4) is 0 Å². The Morgan fingerprint density at radius 1 is 0.500 bits per heavy atom. The highest BCUT2D eigenvalue weighted by atomic mass is 16.3. The summed E-state index contributed by atoms with van der Waals surface area (Å²) >= 11 is 0. The van der Waals surface area contributed by atoms with Gasteiger partial charge >= 0.3 is 0 Å². The maximum atomic E-state index is 6.84. The van der Waals surface area contributed by atoms with Crippen LogP contribution in [0.1, 0.15) is 29.3 Å². The van der Waals surface area contributed by atoms with Crippen LogP contribution in [-0.4, -0.2) is 18.9 Å². The van der Waals surface area contributed by atoms with Gasteiger partial charge in [0.15, 0.2) is 11.4 Å². The highest BCUT2D eigenvalue weighted by Crippen LogP contribution is 2.49. The first-order chi connectivity index (χ1) is 28.8. The smallest absolute Gasteiger partial charge is 0.197 e. The third kappa shape index (κ3) is 3.85. The summed E-state index contributed by atoms with van der Waals surface area (Å²) in [6.45, 7) is 0. The van der Waals surface area contributed by atoms with Crippen molar-refractivity contribution in [3.05, 3.63) is 181 Å². The monoisotopic (exact) mass is 740 g/mol. The maximum Gasteiger partial charge on any atom is 0.197 e. The van der Waals surface area contributed by atoms with Crippen LogP contribution in [0.4, 0.5) is 0 Å². The van der Waals surface area contributed by atoms with Gasteiger partial charge in [0.1, 0.15) is 16.9 Å². The van der Waals surface area contributed by atoms with Crippen molar-refractivity contribution in [3.63, 3.8) is 0 Å². The number of fused-ring (bicyclic) bond motifs is 18. The van der Waals surface area contributed by atoms with E-state index in [0.717, 1.165) is 45.6 Å². The topological polar surface area (TPSA) is 48.3 Å². The van der Waals surface area contributed by atoms with Gasteiger partial charge in [0.25, 0.3) is 0 Å². The van der Waals surface area contributed by atoms with Crippen LogP contribution in [0, 0.1) is 0 Å². The van der Waals surface area contributed by atoms with Gasteiger partial charge in [0, 0.05) is 50.0 Å². The number of furan rings is 1. The molecule has 0 saturated heterocycles.